The van der Waals surface area contributed by atoms with E-state index < -0.39 is 0 Å². The lowest BCUT2D eigenvalue weighted by Gasteiger charge is -2.14. The fourth-order valence-electron chi connectivity index (χ4n) is 2.04. The van der Waals surface area contributed by atoms with Gasteiger partial charge in [0.1, 0.15) is 0 Å². The van der Waals surface area contributed by atoms with Gasteiger partial charge in [0.2, 0.25) is 0 Å². The van der Waals surface area contributed by atoms with Crippen molar-refractivity contribution < 1.29 is 0 Å². The third-order valence-electron chi connectivity index (χ3n) is 3.12. The largest absolute Gasteiger partial charge is 0.295 e. The molecule has 0 N–H and O–H groups in total. The van der Waals surface area contributed by atoms with Crippen LogP contribution in [0.15, 0.2) is 35.3 Å². The van der Waals surface area contributed by atoms with Crippen LogP contribution in [0, 0.1) is 6.92 Å². The molecule has 21 heavy (non-hydrogen) atoms. The molecule has 0 fully saturated rings. The van der Waals surface area contributed by atoms with Gasteiger partial charge in [-0.3, -0.25) is 4.90 Å². The Morgan fingerprint density at radius 1 is 1.14 bits per heavy atom. The van der Waals surface area contributed by atoms with Crippen LogP contribution in [0.2, 0.25) is 0 Å². The van der Waals surface area contributed by atoms with Crippen molar-refractivity contribution in [1.29, 1.82) is 0 Å². The predicted octanol–water partition coefficient (Wildman–Crippen LogP) is 3.60. The molecule has 108 valence electrons. The number of aromatic nitrogens is 3. The van der Waals surface area contributed by atoms with Gasteiger partial charge in [0.25, 0.3) is 0 Å². The van der Waals surface area contributed by atoms with Gasteiger partial charge < -0.3 is 0 Å². The van der Waals surface area contributed by atoms with Gasteiger partial charge in [-0.1, -0.05) is 0 Å². The second-order valence-electron chi connectivity index (χ2n) is 4.92. The first kappa shape index (κ1) is 14.3. The molecule has 3 aromatic heterocycles. The number of nitrogens with zero attached hydrogens (tertiary/aromatic N) is 4. The average molecular weight is 316 g/mol. The number of hydrogen-bond donors (Lipinski definition) is 0. The normalized spacial score (nSPS) is 11.2. The van der Waals surface area contributed by atoms with Crippen molar-refractivity contribution in [2.75, 3.05) is 7.05 Å². The molecule has 0 atom stereocenters. The zero-order valence-electron chi connectivity index (χ0n) is 12.0. The lowest BCUT2D eigenvalue weighted by molar-refractivity contribution is 0.318. The molecule has 0 saturated carbocycles. The van der Waals surface area contributed by atoms with E-state index in [1.165, 1.54) is 10.4 Å². The Morgan fingerprint density at radius 3 is 2.67 bits per heavy atom. The van der Waals surface area contributed by atoms with Crippen LogP contribution in [-0.4, -0.2) is 26.9 Å². The average Bonchev–Trinajstić information content (AvgIpc) is 3.10. The van der Waals surface area contributed by atoms with Crippen molar-refractivity contribution in [3.63, 3.8) is 0 Å². The summed E-state index contributed by atoms with van der Waals surface area (Å²) in [5.74, 6) is 0.700. The molecule has 0 aliphatic rings. The highest BCUT2D eigenvalue weighted by molar-refractivity contribution is 7.13. The topological polar surface area (TPSA) is 41.9 Å². The molecule has 3 rings (SSSR count). The van der Waals surface area contributed by atoms with Crippen LogP contribution in [-0.2, 0) is 13.1 Å². The predicted molar refractivity (Wildman–Crippen MR) is 87.4 cm³/mol. The van der Waals surface area contributed by atoms with Crippen LogP contribution in [0.3, 0.4) is 0 Å². The Balaban J connectivity index is 1.66. The van der Waals surface area contributed by atoms with Gasteiger partial charge in [0.15, 0.2) is 10.8 Å². The van der Waals surface area contributed by atoms with Crippen LogP contribution in [0.5, 0.6) is 0 Å². The quantitative estimate of drug-likeness (QED) is 0.721. The van der Waals surface area contributed by atoms with E-state index in [-0.39, 0.29) is 0 Å². The maximum atomic E-state index is 4.63. The third kappa shape index (κ3) is 3.53. The number of thiophene rings is 1. The minimum absolute atomic E-state index is 0.700. The second kappa shape index (κ2) is 6.43. The first-order valence-electron chi connectivity index (χ1n) is 6.65. The lowest BCUT2D eigenvalue weighted by atomic mass is 10.3. The molecule has 0 unspecified atom stereocenters. The van der Waals surface area contributed by atoms with Crippen LogP contribution >= 0.6 is 22.7 Å². The van der Waals surface area contributed by atoms with Crippen LogP contribution in [0.4, 0.5) is 0 Å². The number of thiazole rings is 1. The van der Waals surface area contributed by atoms with Gasteiger partial charge in [-0.05, 0) is 37.0 Å². The number of aryl methyl sites for hydroxylation is 1. The molecule has 0 bridgehead atoms. The molecule has 6 heteroatoms. The minimum atomic E-state index is 0.700. The van der Waals surface area contributed by atoms with Gasteiger partial charge in [0, 0.05) is 35.7 Å². The van der Waals surface area contributed by atoms with E-state index >= 15 is 0 Å². The highest BCUT2D eigenvalue weighted by Gasteiger charge is 2.10. The Kier molecular flexibility index (Phi) is 4.38. The first-order chi connectivity index (χ1) is 10.2. The maximum absolute atomic E-state index is 4.63. The summed E-state index contributed by atoms with van der Waals surface area (Å²) < 4.78 is 0. The standard InChI is InChI=1S/C15H16N4S2/c1-11-4-7-20-13(11)9-19(2)8-12-10-21-15(18-12)14-16-5-3-6-17-14/h3-7,10H,8-9H2,1-2H3. The van der Waals surface area contributed by atoms with Gasteiger partial charge >= 0.3 is 0 Å². The van der Waals surface area contributed by atoms with Crippen molar-refractivity contribution in [2.45, 2.75) is 20.0 Å². The molecule has 3 heterocycles. The van der Waals surface area contributed by atoms with Crippen LogP contribution in [0.1, 0.15) is 16.1 Å². The molecule has 0 aliphatic carbocycles. The lowest BCUT2D eigenvalue weighted by Crippen LogP contribution is -2.17. The Labute approximate surface area is 132 Å². The van der Waals surface area contributed by atoms with E-state index in [1.807, 2.05) is 17.4 Å². The van der Waals surface area contributed by atoms with E-state index in [0.717, 1.165) is 23.8 Å². The molecule has 4 nitrogen and oxygen atoms in total. The number of rotatable bonds is 5. The highest BCUT2D eigenvalue weighted by Crippen LogP contribution is 2.22. The summed E-state index contributed by atoms with van der Waals surface area (Å²) in [6, 6.07) is 3.98. The van der Waals surface area contributed by atoms with Crippen LogP contribution < -0.4 is 0 Å². The van der Waals surface area contributed by atoms with Gasteiger partial charge in [-0.25, -0.2) is 15.0 Å². The summed E-state index contributed by atoms with van der Waals surface area (Å²) in [6.07, 6.45) is 3.49. The van der Waals surface area contributed by atoms with Crippen molar-refractivity contribution >= 4 is 22.7 Å². The van der Waals surface area contributed by atoms with Gasteiger partial charge in [-0.2, -0.15) is 0 Å². The SMILES string of the molecule is Cc1ccsc1CN(C)Cc1csc(-c2ncccn2)n1. The van der Waals surface area contributed by atoms with Crippen molar-refractivity contribution in [3.05, 3.63) is 51.4 Å². The molecule has 0 saturated heterocycles. The Hall–Kier alpha value is -1.63. The minimum Gasteiger partial charge on any atom is -0.295 e. The van der Waals surface area contributed by atoms with Gasteiger partial charge in [-0.15, -0.1) is 22.7 Å². The van der Waals surface area contributed by atoms with E-state index in [1.54, 1.807) is 23.7 Å². The Bertz CT molecular complexity index is 705. The van der Waals surface area contributed by atoms with E-state index in [2.05, 4.69) is 50.6 Å². The summed E-state index contributed by atoms with van der Waals surface area (Å²) in [5, 5.41) is 5.11. The van der Waals surface area contributed by atoms with Crippen molar-refractivity contribution in [3.8, 4) is 10.8 Å². The monoisotopic (exact) mass is 316 g/mol. The van der Waals surface area contributed by atoms with E-state index in [0.29, 0.717) is 5.82 Å². The van der Waals surface area contributed by atoms with Crippen molar-refractivity contribution in [1.82, 2.24) is 19.9 Å². The molecule has 3 aromatic rings. The zero-order valence-corrected chi connectivity index (χ0v) is 13.6. The third-order valence-corrected chi connectivity index (χ3v) is 5.02. The molecule has 0 aliphatic heterocycles. The van der Waals surface area contributed by atoms with E-state index in [4.69, 9.17) is 0 Å². The van der Waals surface area contributed by atoms with E-state index in [9.17, 15) is 0 Å². The molecule has 0 amide bonds. The first-order valence-corrected chi connectivity index (χ1v) is 8.41. The zero-order chi connectivity index (χ0) is 14.7. The van der Waals surface area contributed by atoms with Gasteiger partial charge in [0.05, 0.1) is 5.69 Å². The molecular formula is C15H16N4S2. The smallest absolute Gasteiger partial charge is 0.188 e. The summed E-state index contributed by atoms with van der Waals surface area (Å²) in [5.41, 5.74) is 2.43. The van der Waals surface area contributed by atoms with Crippen molar-refractivity contribution in [2.24, 2.45) is 0 Å². The summed E-state index contributed by atoms with van der Waals surface area (Å²) in [7, 11) is 2.12. The summed E-state index contributed by atoms with van der Waals surface area (Å²) >= 11 is 3.41. The molecular weight excluding hydrogens is 300 g/mol. The molecule has 0 spiro atoms. The summed E-state index contributed by atoms with van der Waals surface area (Å²) in [6.45, 7) is 3.95. The Morgan fingerprint density at radius 2 is 1.95 bits per heavy atom. The molecule has 0 aromatic carbocycles. The molecule has 0 radical (unpaired) electrons. The fourth-order valence-corrected chi connectivity index (χ4v) is 3.78. The fraction of sp³-hybridized carbons (Fsp3) is 0.267. The van der Waals surface area contributed by atoms with Crippen LogP contribution in [0.25, 0.3) is 10.8 Å². The number of hydrogen-bond acceptors (Lipinski definition) is 6. The maximum Gasteiger partial charge on any atom is 0.188 e. The highest BCUT2D eigenvalue weighted by atomic mass is 32.1. The summed E-state index contributed by atoms with van der Waals surface area (Å²) in [4.78, 5) is 16.8. The second-order valence-corrected chi connectivity index (χ2v) is 6.77.